The first-order chi connectivity index (χ1) is 57.0. The highest BCUT2D eigenvalue weighted by Gasteiger charge is 2.31. The second-order valence-corrected chi connectivity index (χ2v) is 29.4. The summed E-state index contributed by atoms with van der Waals surface area (Å²) in [6.07, 6.45) is 3.43. The zero-order chi connectivity index (χ0) is 86.9. The van der Waals surface area contributed by atoms with Gasteiger partial charge < -0.3 is 108 Å². The van der Waals surface area contributed by atoms with E-state index >= 15 is 0 Å². The lowest BCUT2D eigenvalue weighted by atomic mass is 10.0. The van der Waals surface area contributed by atoms with Gasteiger partial charge in [0.25, 0.3) is 0 Å². The Morgan fingerprint density at radius 1 is 0.471 bits per heavy atom. The number of aromatic nitrogens is 3. The normalized spacial score (nSPS) is 14.7. The van der Waals surface area contributed by atoms with Crippen LogP contribution in [-0.2, 0) is 91.1 Å². The number of urea groups is 2. The number of carbonyl (C=O) groups excluding carboxylic acids is 5. The van der Waals surface area contributed by atoms with Gasteiger partial charge >= 0.3 is 59.8 Å². The van der Waals surface area contributed by atoms with Gasteiger partial charge in [-0.25, -0.2) is 28.7 Å². The van der Waals surface area contributed by atoms with Crippen molar-refractivity contribution in [1.29, 1.82) is 0 Å². The Balaban J connectivity index is 1.01. The average Bonchev–Trinajstić information content (AvgIpc) is 1.82. The van der Waals surface area contributed by atoms with Gasteiger partial charge in [0.15, 0.2) is 5.11 Å². The number of rotatable bonds is 56. The van der Waals surface area contributed by atoms with Crippen molar-refractivity contribution in [1.82, 2.24) is 71.8 Å². The number of halogens is 1. The van der Waals surface area contributed by atoms with Crippen LogP contribution in [0.5, 0.6) is 0 Å². The maximum absolute atomic E-state index is 13.9. The van der Waals surface area contributed by atoms with E-state index in [2.05, 4.69) is 80.8 Å². The van der Waals surface area contributed by atoms with E-state index in [9.17, 15) is 98.1 Å². The van der Waals surface area contributed by atoms with E-state index in [1.54, 1.807) is 79.0 Å². The first-order valence-corrected chi connectivity index (χ1v) is 40.3. The van der Waals surface area contributed by atoms with E-state index in [0.29, 0.717) is 81.0 Å². The van der Waals surface area contributed by atoms with Gasteiger partial charge in [-0.15, -0.1) is 5.10 Å². The number of hydrogen-bond acceptors (Lipinski definition) is 24. The van der Waals surface area contributed by atoms with Crippen LogP contribution in [0.15, 0.2) is 79.0 Å². The number of amides is 7. The molecule has 17 N–H and O–H groups in total. The van der Waals surface area contributed by atoms with Crippen LogP contribution >= 0.6 is 34.8 Å². The topological polar surface area (TPSA) is 573 Å². The van der Waals surface area contributed by atoms with Crippen molar-refractivity contribution in [3.05, 3.63) is 93.7 Å². The lowest BCUT2D eigenvalue weighted by Crippen LogP contribution is -2.53. The summed E-state index contributed by atoms with van der Waals surface area (Å²) in [4.78, 5) is 166. The van der Waals surface area contributed by atoms with Crippen LogP contribution in [0, 0.1) is 3.57 Å². The van der Waals surface area contributed by atoms with Crippen LogP contribution < -0.4 is 47.9 Å². The Morgan fingerprint density at radius 2 is 0.975 bits per heavy atom. The fraction of sp³-hybridized carbons (Fsp3) is 0.553. The van der Waals surface area contributed by atoms with Gasteiger partial charge in [0.05, 0.1) is 98.2 Å². The molecule has 1 aliphatic heterocycles. The number of hydrogen-bond donors (Lipinski definition) is 17. The summed E-state index contributed by atoms with van der Waals surface area (Å²) in [7, 11) is 0. The van der Waals surface area contributed by atoms with Gasteiger partial charge in [-0.3, -0.25) is 58.0 Å². The predicted molar refractivity (Wildman–Crippen MR) is 440 cm³/mol. The van der Waals surface area contributed by atoms with E-state index in [0.717, 1.165) is 14.7 Å². The molecule has 3 aromatic carbocycles. The standard InChI is InChI=1S/C76H109IN16O25S/c77-54-17-13-52(14-18-54)43-64(95)78-24-4-2-11-59(71(107)108)84-70(106)58(10-1-6-26-80-76(119)82-55-19-15-51(16-20-55)42-57-45-91(49-68(102)103)30-29-89(47-66(98)99)27-28-90(48-67(100)101)31-32-92(57)50-69(104)105)83-63(94)23-34-115-36-38-117-40-41-118-39-37-116-35-33-93-46-62(87-88-93)53-8-7-9-56(44-53)81-74(113)79-25-5-3-12-60(72(109)110)85-75(114)86-61(73(111)112)21-22-65(96)97/h7-9,13-20,44,46,57-61H,1-6,10-12,21-43,45,47-50H2,(H,78,95)(H,83,94)(H,84,106)(H,96,97)(H,98,99)(H,100,101)(H,102,103)(H,104,105)(H,107,108)(H,109,110)(H,111,112)(H2,79,81,113)(H2,80,82,119)(H2,85,86,114)/t57?,58-,59-,60-,61-/m0/s1. The summed E-state index contributed by atoms with van der Waals surface area (Å²) < 4.78 is 25.2. The molecule has 2 heterocycles. The molecule has 0 saturated carbocycles. The van der Waals surface area contributed by atoms with Crippen LogP contribution in [0.1, 0.15) is 88.2 Å². The molecule has 119 heavy (non-hydrogen) atoms. The number of nitrogens with one attached hydrogen (secondary N) is 9. The third kappa shape index (κ3) is 43.8. The minimum atomic E-state index is -1.54. The first kappa shape index (κ1) is 99.2. The number of nitrogens with zero attached hydrogens (tertiary/aromatic N) is 7. The zero-order valence-electron chi connectivity index (χ0n) is 66.0. The number of benzene rings is 3. The third-order valence-corrected chi connectivity index (χ3v) is 19.3. The highest BCUT2D eigenvalue weighted by Crippen LogP contribution is 2.22. The molecule has 4 aromatic rings. The summed E-state index contributed by atoms with van der Waals surface area (Å²) in [5, 5.41) is 110. The molecule has 41 nitrogen and oxygen atoms in total. The third-order valence-electron chi connectivity index (χ3n) is 18.3. The lowest BCUT2D eigenvalue weighted by molar-refractivity contribution is -0.142. The highest BCUT2D eigenvalue weighted by molar-refractivity contribution is 14.1. The highest BCUT2D eigenvalue weighted by atomic mass is 127. The molecule has 5 atom stereocenters. The molecule has 0 spiro atoms. The smallest absolute Gasteiger partial charge is 0.326 e. The van der Waals surface area contributed by atoms with Gasteiger partial charge in [0.2, 0.25) is 17.7 Å². The van der Waals surface area contributed by atoms with E-state index in [4.69, 9.17) is 36.3 Å². The van der Waals surface area contributed by atoms with Gasteiger partial charge in [-0.1, -0.05) is 41.6 Å². The molecule has 43 heteroatoms. The molecule has 0 bridgehead atoms. The number of thiocarbonyl (C=S) groups is 1. The summed E-state index contributed by atoms with van der Waals surface area (Å²) in [5.74, 6) is -11.3. The van der Waals surface area contributed by atoms with E-state index in [1.165, 1.54) is 0 Å². The minimum absolute atomic E-state index is 0.0224. The van der Waals surface area contributed by atoms with E-state index < -0.39 is 128 Å². The molecule has 5 rings (SSSR count). The zero-order valence-corrected chi connectivity index (χ0v) is 69.0. The fourth-order valence-corrected chi connectivity index (χ4v) is 12.8. The number of carboxylic acids is 8. The van der Waals surface area contributed by atoms with E-state index in [1.807, 2.05) is 24.3 Å². The molecule has 1 aromatic heterocycles. The largest absolute Gasteiger partial charge is 0.481 e. The van der Waals surface area contributed by atoms with Gasteiger partial charge in [-0.2, -0.15) is 0 Å². The Bertz CT molecular complexity index is 3910. The van der Waals surface area contributed by atoms with Crippen molar-refractivity contribution in [3.8, 4) is 11.3 Å². The predicted octanol–water partition coefficient (Wildman–Crippen LogP) is 1.58. The molecular formula is C76H109IN16O25S. The van der Waals surface area contributed by atoms with Crippen LogP contribution in [-0.4, -0.2) is 333 Å². The molecule has 7 amide bonds. The van der Waals surface area contributed by atoms with Crippen molar-refractivity contribution < 1.29 is 122 Å². The van der Waals surface area contributed by atoms with Crippen molar-refractivity contribution in [2.24, 2.45) is 0 Å². The number of anilines is 2. The summed E-state index contributed by atoms with van der Waals surface area (Å²) >= 11 is 7.78. The molecule has 1 unspecified atom stereocenters. The molecule has 0 aliphatic carbocycles. The lowest BCUT2D eigenvalue weighted by Gasteiger charge is -2.37. The Labute approximate surface area is 705 Å². The fourth-order valence-electron chi connectivity index (χ4n) is 12.2. The van der Waals surface area contributed by atoms with Crippen molar-refractivity contribution in [2.45, 2.75) is 127 Å². The Kier molecular flexibility index (Phi) is 46.8. The molecular weight excluding hydrogens is 1700 g/mol. The Morgan fingerprint density at radius 3 is 1.55 bits per heavy atom. The SMILES string of the molecule is O=C(O)CC[C@H](NC(=O)N[C@@H](CCCCNC(=O)Nc1cccc(-c2cn(CCOCCOCCOCCOCCC(=O)N[C@@H](CCCCNC(=S)Nc3ccc(CC4CN(CC(=O)O)CCN(CC(=O)O)CCN(CC(=O)O)CCN4CC(=O)O)cc3)C(=O)N[C@@H](CCCCNC(=O)Cc3ccc(I)cc3)C(=O)O)nn2)c1)C(=O)O)C(=O)O. The van der Waals surface area contributed by atoms with E-state index in [-0.39, 0.29) is 168 Å². The number of carbonyl (C=O) groups is 13. The van der Waals surface area contributed by atoms with Crippen LogP contribution in [0.25, 0.3) is 11.3 Å². The maximum Gasteiger partial charge on any atom is 0.326 e. The molecule has 0 radical (unpaired) electrons. The van der Waals surface area contributed by atoms with Crippen LogP contribution in [0.4, 0.5) is 21.0 Å². The quantitative estimate of drug-likeness (QED) is 0.0169. The second-order valence-electron chi connectivity index (χ2n) is 27.8. The van der Waals surface area contributed by atoms with Crippen LogP contribution in [0.3, 0.4) is 0 Å². The molecule has 1 aliphatic rings. The van der Waals surface area contributed by atoms with Gasteiger partial charge in [0, 0.05) is 105 Å². The second kappa shape index (κ2) is 56.1. The summed E-state index contributed by atoms with van der Waals surface area (Å²) in [5.41, 5.74) is 3.83. The monoisotopic (exact) mass is 1800 g/mol. The van der Waals surface area contributed by atoms with Crippen molar-refractivity contribution in [3.63, 3.8) is 0 Å². The first-order valence-electron chi connectivity index (χ1n) is 38.8. The van der Waals surface area contributed by atoms with Crippen molar-refractivity contribution in [2.75, 3.05) is 155 Å². The molecule has 656 valence electrons. The summed E-state index contributed by atoms with van der Waals surface area (Å²) in [6, 6.07) is 14.0. The van der Waals surface area contributed by atoms with Gasteiger partial charge in [-0.05, 0) is 153 Å². The maximum atomic E-state index is 13.9. The Hall–Kier alpha value is -10.4. The number of carboxylic acid groups (broad SMARTS) is 8. The van der Waals surface area contributed by atoms with Crippen LogP contribution in [0.2, 0.25) is 0 Å². The average molecular weight is 1810 g/mol. The van der Waals surface area contributed by atoms with Gasteiger partial charge in [0.1, 0.15) is 29.9 Å². The molecule has 1 fully saturated rings. The number of unbranched alkanes of at least 4 members (excludes halogenated alkanes) is 3. The minimum Gasteiger partial charge on any atom is -0.481 e. The number of aliphatic carboxylic acids is 8. The summed E-state index contributed by atoms with van der Waals surface area (Å²) in [6.45, 7) is 2.23. The number of ether oxygens (including phenoxy) is 4. The molecule has 1 saturated heterocycles. The van der Waals surface area contributed by atoms with Crippen molar-refractivity contribution >= 4 is 129 Å².